The van der Waals surface area contributed by atoms with Crippen LogP contribution in [-0.4, -0.2) is 21.8 Å². The van der Waals surface area contributed by atoms with Crippen LogP contribution in [0.1, 0.15) is 5.56 Å². The van der Waals surface area contributed by atoms with Gasteiger partial charge in [0.1, 0.15) is 0 Å². The van der Waals surface area contributed by atoms with E-state index in [0.29, 0.717) is 0 Å². The number of thiophene rings is 1. The predicted molar refractivity (Wildman–Crippen MR) is 63.0 cm³/mol. The minimum absolute atomic E-state index is 0.747. The van der Waals surface area contributed by atoms with E-state index in [1.807, 2.05) is 31.7 Å². The van der Waals surface area contributed by atoms with Crippen LogP contribution in [0.15, 0.2) is 6.07 Å². The second kappa shape index (κ2) is 3.54. The topological polar surface area (TPSA) is 68.8 Å². The normalized spacial score (nSPS) is 10.6. The summed E-state index contributed by atoms with van der Waals surface area (Å²) in [7, 11) is 3.75. The number of nitrogens with zero attached hydrogens (tertiary/aromatic N) is 3. The molecular weight excluding hydrogens is 210 g/mol. The number of hydrogen-bond donors (Lipinski definition) is 2. The van der Waals surface area contributed by atoms with Gasteiger partial charge in [0.15, 0.2) is 5.82 Å². The molecule has 3 N–H and O–H groups in total. The van der Waals surface area contributed by atoms with Crippen LogP contribution in [0.2, 0.25) is 0 Å². The van der Waals surface area contributed by atoms with E-state index in [1.54, 1.807) is 0 Å². The zero-order valence-electron chi connectivity index (χ0n) is 8.90. The standard InChI is InChI=1S/C9H13N5S/c1-5-4-6(10)15-7(5)8-12-13-9(11-2)14(8)3/h4H,10H2,1-3H3,(H,11,13). The molecule has 0 spiro atoms. The molecule has 2 rings (SSSR count). The van der Waals surface area contributed by atoms with E-state index < -0.39 is 0 Å². The van der Waals surface area contributed by atoms with Crippen molar-refractivity contribution >= 4 is 22.3 Å². The summed E-state index contributed by atoms with van der Waals surface area (Å²) in [6, 6.07) is 1.95. The number of rotatable bonds is 2. The number of nitrogens with one attached hydrogen (secondary N) is 1. The van der Waals surface area contributed by atoms with Crippen molar-refractivity contribution in [1.82, 2.24) is 14.8 Å². The van der Waals surface area contributed by atoms with Gasteiger partial charge in [-0.3, -0.25) is 4.57 Å². The largest absolute Gasteiger partial charge is 0.391 e. The minimum Gasteiger partial charge on any atom is -0.391 e. The van der Waals surface area contributed by atoms with Gasteiger partial charge in [-0.1, -0.05) is 0 Å². The molecule has 0 aromatic carbocycles. The van der Waals surface area contributed by atoms with Gasteiger partial charge in [0.05, 0.1) is 9.88 Å². The Labute approximate surface area is 91.9 Å². The summed E-state index contributed by atoms with van der Waals surface area (Å²) >= 11 is 1.53. The number of hydrogen-bond acceptors (Lipinski definition) is 5. The quantitative estimate of drug-likeness (QED) is 0.809. The highest BCUT2D eigenvalue weighted by Gasteiger charge is 2.14. The average Bonchev–Trinajstić information content (AvgIpc) is 2.69. The predicted octanol–water partition coefficient (Wildman–Crippen LogP) is 1.48. The first-order valence-electron chi connectivity index (χ1n) is 4.57. The lowest BCUT2D eigenvalue weighted by molar-refractivity contribution is 0.926. The number of aromatic nitrogens is 3. The Hall–Kier alpha value is -1.56. The fourth-order valence-corrected chi connectivity index (χ4v) is 2.43. The lowest BCUT2D eigenvalue weighted by Crippen LogP contribution is -1.99. The van der Waals surface area contributed by atoms with Crippen LogP contribution in [0.3, 0.4) is 0 Å². The molecule has 0 atom stereocenters. The third-order valence-electron chi connectivity index (χ3n) is 2.24. The van der Waals surface area contributed by atoms with Crippen LogP contribution in [0.4, 0.5) is 10.9 Å². The highest BCUT2D eigenvalue weighted by Crippen LogP contribution is 2.32. The molecule has 0 aliphatic carbocycles. The van der Waals surface area contributed by atoms with Crippen LogP contribution in [-0.2, 0) is 7.05 Å². The molecular formula is C9H13N5S. The van der Waals surface area contributed by atoms with E-state index in [9.17, 15) is 0 Å². The van der Waals surface area contributed by atoms with Gasteiger partial charge >= 0.3 is 0 Å². The second-order valence-electron chi connectivity index (χ2n) is 3.32. The molecule has 0 bridgehead atoms. The summed E-state index contributed by atoms with van der Waals surface area (Å²) in [4.78, 5) is 1.07. The summed E-state index contributed by atoms with van der Waals surface area (Å²) in [5.41, 5.74) is 6.89. The van der Waals surface area contributed by atoms with E-state index in [2.05, 4.69) is 15.5 Å². The van der Waals surface area contributed by atoms with Crippen LogP contribution < -0.4 is 11.1 Å². The van der Waals surface area contributed by atoms with Crippen molar-refractivity contribution < 1.29 is 0 Å². The van der Waals surface area contributed by atoms with Crippen molar-refractivity contribution in [2.75, 3.05) is 18.1 Å². The van der Waals surface area contributed by atoms with E-state index in [-0.39, 0.29) is 0 Å². The maximum atomic E-state index is 5.75. The number of nitrogens with two attached hydrogens (primary N) is 1. The molecule has 0 fully saturated rings. The van der Waals surface area contributed by atoms with Gasteiger partial charge in [-0.2, -0.15) is 0 Å². The van der Waals surface area contributed by atoms with Gasteiger partial charge in [-0.05, 0) is 18.6 Å². The molecule has 15 heavy (non-hydrogen) atoms. The fraction of sp³-hybridized carbons (Fsp3) is 0.333. The second-order valence-corrected chi connectivity index (χ2v) is 4.40. The van der Waals surface area contributed by atoms with Crippen molar-refractivity contribution in [2.24, 2.45) is 7.05 Å². The Kier molecular flexibility index (Phi) is 2.36. The highest BCUT2D eigenvalue weighted by atomic mass is 32.1. The average molecular weight is 223 g/mol. The summed E-state index contributed by atoms with van der Waals surface area (Å²) in [5.74, 6) is 1.59. The molecule has 0 radical (unpaired) electrons. The van der Waals surface area contributed by atoms with Crippen molar-refractivity contribution in [3.05, 3.63) is 11.6 Å². The lowest BCUT2D eigenvalue weighted by Gasteiger charge is -2.01. The summed E-state index contributed by atoms with van der Waals surface area (Å²) in [5, 5.41) is 11.9. The third kappa shape index (κ3) is 1.56. The Morgan fingerprint density at radius 2 is 2.20 bits per heavy atom. The molecule has 0 amide bonds. The summed E-state index contributed by atoms with van der Waals surface area (Å²) < 4.78 is 1.91. The third-order valence-corrected chi connectivity index (χ3v) is 3.30. The summed E-state index contributed by atoms with van der Waals surface area (Å²) in [6.45, 7) is 2.02. The molecule has 0 saturated carbocycles. The Balaban J connectivity index is 2.54. The monoisotopic (exact) mass is 223 g/mol. The molecule has 0 aliphatic heterocycles. The van der Waals surface area contributed by atoms with Crippen LogP contribution >= 0.6 is 11.3 Å². The van der Waals surface area contributed by atoms with Crippen LogP contribution in [0.25, 0.3) is 10.7 Å². The molecule has 0 unspecified atom stereocenters. The first-order chi connectivity index (χ1) is 7.13. The molecule has 0 aliphatic rings. The fourth-order valence-electron chi connectivity index (χ4n) is 1.47. The van der Waals surface area contributed by atoms with E-state index >= 15 is 0 Å². The smallest absolute Gasteiger partial charge is 0.224 e. The lowest BCUT2D eigenvalue weighted by atomic mass is 10.3. The highest BCUT2D eigenvalue weighted by molar-refractivity contribution is 7.19. The molecule has 2 aromatic rings. The molecule has 0 saturated heterocycles. The van der Waals surface area contributed by atoms with E-state index in [1.165, 1.54) is 11.3 Å². The zero-order valence-corrected chi connectivity index (χ0v) is 9.72. The molecule has 2 heterocycles. The van der Waals surface area contributed by atoms with Crippen molar-refractivity contribution in [3.8, 4) is 10.7 Å². The van der Waals surface area contributed by atoms with E-state index in [4.69, 9.17) is 5.73 Å². The number of nitrogen functional groups attached to an aromatic ring is 1. The maximum Gasteiger partial charge on any atom is 0.224 e. The SMILES string of the molecule is CNc1nnc(-c2sc(N)cc2C)n1C. The van der Waals surface area contributed by atoms with Crippen molar-refractivity contribution in [3.63, 3.8) is 0 Å². The van der Waals surface area contributed by atoms with Gasteiger partial charge in [0.2, 0.25) is 5.95 Å². The van der Waals surface area contributed by atoms with Gasteiger partial charge in [-0.15, -0.1) is 21.5 Å². The molecule has 2 aromatic heterocycles. The molecule has 6 heteroatoms. The first kappa shape index (κ1) is 9.97. The van der Waals surface area contributed by atoms with Crippen LogP contribution in [0, 0.1) is 6.92 Å². The maximum absolute atomic E-state index is 5.75. The minimum atomic E-state index is 0.747. The van der Waals surface area contributed by atoms with Gasteiger partial charge in [-0.25, -0.2) is 0 Å². The van der Waals surface area contributed by atoms with Gasteiger partial charge < -0.3 is 11.1 Å². The van der Waals surface area contributed by atoms with E-state index in [0.717, 1.165) is 27.2 Å². The number of aryl methyl sites for hydroxylation is 1. The van der Waals surface area contributed by atoms with Gasteiger partial charge in [0.25, 0.3) is 0 Å². The first-order valence-corrected chi connectivity index (χ1v) is 5.38. The summed E-state index contributed by atoms with van der Waals surface area (Å²) in [6.07, 6.45) is 0. The molecule has 5 nitrogen and oxygen atoms in total. The Morgan fingerprint density at radius 1 is 1.47 bits per heavy atom. The van der Waals surface area contributed by atoms with Crippen molar-refractivity contribution in [2.45, 2.75) is 6.92 Å². The Bertz CT molecular complexity index is 485. The molecule has 80 valence electrons. The Morgan fingerprint density at radius 3 is 2.67 bits per heavy atom. The number of anilines is 2. The zero-order chi connectivity index (χ0) is 11.0. The van der Waals surface area contributed by atoms with Gasteiger partial charge in [0, 0.05) is 14.1 Å². The van der Waals surface area contributed by atoms with Crippen molar-refractivity contribution in [1.29, 1.82) is 0 Å². The van der Waals surface area contributed by atoms with Crippen LogP contribution in [0.5, 0.6) is 0 Å².